The number of urea groups is 1. The van der Waals surface area contributed by atoms with Crippen LogP contribution in [0.3, 0.4) is 0 Å². The van der Waals surface area contributed by atoms with Crippen LogP contribution < -0.4 is 20.1 Å². The molecule has 1 saturated carbocycles. The molecule has 0 heterocycles. The minimum absolute atomic E-state index is 0.0970. The molecule has 2 amide bonds. The summed E-state index contributed by atoms with van der Waals surface area (Å²) in [5.41, 5.74) is 0. The third kappa shape index (κ3) is 5.53. The number of methoxy groups -OCH3 is 1. The molecule has 2 N–H and O–H groups in total. The number of benzene rings is 1. The standard InChI is InChI=1S/C16H24N2O3/c1-20-14-7-9-15(10-8-14)21-12-11-17-16(19)18-13-5-3-2-4-6-13/h7-10,13H,2-6,11-12H2,1H3,(H2,17,18,19). The normalized spacial score (nSPS) is 15.3. The highest BCUT2D eigenvalue weighted by molar-refractivity contribution is 5.74. The Morgan fingerprint density at radius 2 is 1.81 bits per heavy atom. The molecule has 0 saturated heterocycles. The molecule has 1 fully saturated rings. The van der Waals surface area contributed by atoms with Crippen LogP contribution in [0.15, 0.2) is 24.3 Å². The van der Waals surface area contributed by atoms with Gasteiger partial charge < -0.3 is 20.1 Å². The zero-order valence-electron chi connectivity index (χ0n) is 12.6. The van der Waals surface area contributed by atoms with Gasteiger partial charge in [-0.3, -0.25) is 0 Å². The van der Waals surface area contributed by atoms with Crippen LogP contribution in [-0.4, -0.2) is 32.3 Å². The largest absolute Gasteiger partial charge is 0.497 e. The molecule has 0 atom stereocenters. The first-order valence-electron chi connectivity index (χ1n) is 7.59. The van der Waals surface area contributed by atoms with Crippen molar-refractivity contribution in [1.29, 1.82) is 0 Å². The van der Waals surface area contributed by atoms with Crippen LogP contribution in [0.25, 0.3) is 0 Å². The summed E-state index contributed by atoms with van der Waals surface area (Å²) < 4.78 is 10.6. The van der Waals surface area contributed by atoms with Gasteiger partial charge in [-0.25, -0.2) is 4.79 Å². The number of carbonyl (C=O) groups excluding carboxylic acids is 1. The maximum absolute atomic E-state index is 11.7. The van der Waals surface area contributed by atoms with E-state index in [2.05, 4.69) is 10.6 Å². The van der Waals surface area contributed by atoms with Gasteiger partial charge >= 0.3 is 6.03 Å². The Morgan fingerprint density at radius 1 is 1.14 bits per heavy atom. The fourth-order valence-electron chi connectivity index (χ4n) is 2.49. The summed E-state index contributed by atoms with van der Waals surface area (Å²) >= 11 is 0. The third-order valence-corrected chi connectivity index (χ3v) is 3.66. The van der Waals surface area contributed by atoms with Crippen molar-refractivity contribution in [3.8, 4) is 11.5 Å². The van der Waals surface area contributed by atoms with Gasteiger partial charge in [0.1, 0.15) is 18.1 Å². The van der Waals surface area contributed by atoms with Gasteiger partial charge in [0.05, 0.1) is 13.7 Å². The molecule has 116 valence electrons. The van der Waals surface area contributed by atoms with Crippen molar-refractivity contribution in [2.75, 3.05) is 20.3 Å². The third-order valence-electron chi connectivity index (χ3n) is 3.66. The van der Waals surface area contributed by atoms with Gasteiger partial charge in [-0.15, -0.1) is 0 Å². The van der Waals surface area contributed by atoms with Gasteiger partial charge in [0.2, 0.25) is 0 Å². The Kier molecular flexibility index (Phi) is 6.19. The first-order valence-corrected chi connectivity index (χ1v) is 7.59. The molecule has 0 bridgehead atoms. The fourth-order valence-corrected chi connectivity index (χ4v) is 2.49. The Hall–Kier alpha value is -1.91. The number of hydrogen-bond acceptors (Lipinski definition) is 3. The highest BCUT2D eigenvalue weighted by Gasteiger charge is 2.14. The van der Waals surface area contributed by atoms with E-state index in [9.17, 15) is 4.79 Å². The van der Waals surface area contributed by atoms with Crippen molar-refractivity contribution in [3.63, 3.8) is 0 Å². The lowest BCUT2D eigenvalue weighted by Gasteiger charge is -2.22. The predicted molar refractivity (Wildman–Crippen MR) is 81.9 cm³/mol. The maximum atomic E-state index is 11.7. The van der Waals surface area contributed by atoms with Gasteiger partial charge in [0.15, 0.2) is 0 Å². The lowest BCUT2D eigenvalue weighted by molar-refractivity contribution is 0.228. The van der Waals surface area contributed by atoms with Gasteiger partial charge in [0.25, 0.3) is 0 Å². The molecular formula is C16H24N2O3. The second-order valence-corrected chi connectivity index (χ2v) is 5.26. The van der Waals surface area contributed by atoms with Gasteiger partial charge in [-0.2, -0.15) is 0 Å². The highest BCUT2D eigenvalue weighted by Crippen LogP contribution is 2.17. The van der Waals surface area contributed by atoms with Crippen molar-refractivity contribution in [3.05, 3.63) is 24.3 Å². The average Bonchev–Trinajstić information content (AvgIpc) is 2.53. The first kappa shape index (κ1) is 15.5. The second kappa shape index (κ2) is 8.39. The summed E-state index contributed by atoms with van der Waals surface area (Å²) in [6.45, 7) is 0.939. The minimum Gasteiger partial charge on any atom is -0.497 e. The van der Waals surface area contributed by atoms with Crippen LogP contribution in [0, 0.1) is 0 Å². The average molecular weight is 292 g/mol. The smallest absolute Gasteiger partial charge is 0.315 e. The molecule has 0 aliphatic heterocycles. The number of ether oxygens (including phenoxy) is 2. The minimum atomic E-state index is -0.0970. The predicted octanol–water partition coefficient (Wildman–Crippen LogP) is 2.71. The summed E-state index contributed by atoms with van der Waals surface area (Å²) in [5, 5.41) is 5.83. The molecule has 2 rings (SSSR count). The number of hydrogen-bond donors (Lipinski definition) is 2. The van der Waals surface area contributed by atoms with Crippen molar-refractivity contribution in [2.24, 2.45) is 0 Å². The number of amides is 2. The topological polar surface area (TPSA) is 59.6 Å². The molecule has 1 aromatic rings. The summed E-state index contributed by atoms with van der Waals surface area (Å²) in [7, 11) is 1.63. The maximum Gasteiger partial charge on any atom is 0.315 e. The van der Waals surface area contributed by atoms with E-state index in [1.54, 1.807) is 7.11 Å². The summed E-state index contributed by atoms with van der Waals surface area (Å²) in [5.74, 6) is 1.57. The van der Waals surface area contributed by atoms with Gasteiger partial charge in [-0.1, -0.05) is 19.3 Å². The van der Waals surface area contributed by atoms with Crippen molar-refractivity contribution < 1.29 is 14.3 Å². The Labute approximate surface area is 126 Å². The molecule has 0 spiro atoms. The second-order valence-electron chi connectivity index (χ2n) is 5.26. The summed E-state index contributed by atoms with van der Waals surface area (Å²) in [6, 6.07) is 7.63. The van der Waals surface area contributed by atoms with E-state index in [0.29, 0.717) is 19.2 Å². The zero-order chi connectivity index (χ0) is 14.9. The lowest BCUT2D eigenvalue weighted by atomic mass is 9.96. The van der Waals surface area contributed by atoms with E-state index >= 15 is 0 Å². The van der Waals surface area contributed by atoms with E-state index in [0.717, 1.165) is 24.3 Å². The monoisotopic (exact) mass is 292 g/mol. The molecule has 1 aliphatic rings. The van der Waals surface area contributed by atoms with E-state index < -0.39 is 0 Å². The highest BCUT2D eigenvalue weighted by atomic mass is 16.5. The van der Waals surface area contributed by atoms with Crippen molar-refractivity contribution in [1.82, 2.24) is 10.6 Å². The summed E-state index contributed by atoms with van der Waals surface area (Å²) in [6.07, 6.45) is 5.90. The van der Waals surface area contributed by atoms with Crippen molar-refractivity contribution >= 4 is 6.03 Å². The first-order chi connectivity index (χ1) is 10.3. The van der Waals surface area contributed by atoms with E-state index in [4.69, 9.17) is 9.47 Å². The zero-order valence-corrected chi connectivity index (χ0v) is 12.6. The Bertz CT molecular complexity index is 428. The van der Waals surface area contributed by atoms with Crippen LogP contribution in [-0.2, 0) is 0 Å². The van der Waals surface area contributed by atoms with Gasteiger partial charge in [-0.05, 0) is 37.1 Å². The lowest BCUT2D eigenvalue weighted by Crippen LogP contribution is -2.44. The van der Waals surface area contributed by atoms with Crippen LogP contribution in [0.5, 0.6) is 11.5 Å². The van der Waals surface area contributed by atoms with E-state index in [1.807, 2.05) is 24.3 Å². The molecule has 0 radical (unpaired) electrons. The van der Waals surface area contributed by atoms with E-state index in [1.165, 1.54) is 19.3 Å². The summed E-state index contributed by atoms with van der Waals surface area (Å²) in [4.78, 5) is 11.7. The van der Waals surface area contributed by atoms with E-state index in [-0.39, 0.29) is 6.03 Å². The van der Waals surface area contributed by atoms with Crippen LogP contribution in [0.4, 0.5) is 4.79 Å². The molecule has 1 aromatic carbocycles. The number of nitrogens with one attached hydrogen (secondary N) is 2. The number of rotatable bonds is 6. The Balaban J connectivity index is 1.58. The molecular weight excluding hydrogens is 268 g/mol. The molecule has 0 unspecified atom stereocenters. The van der Waals surface area contributed by atoms with Crippen LogP contribution >= 0.6 is 0 Å². The molecule has 1 aliphatic carbocycles. The fraction of sp³-hybridized carbons (Fsp3) is 0.562. The van der Waals surface area contributed by atoms with Crippen molar-refractivity contribution in [2.45, 2.75) is 38.1 Å². The van der Waals surface area contributed by atoms with Crippen LogP contribution in [0.2, 0.25) is 0 Å². The van der Waals surface area contributed by atoms with Gasteiger partial charge in [0, 0.05) is 6.04 Å². The number of carbonyl (C=O) groups is 1. The molecule has 0 aromatic heterocycles. The SMILES string of the molecule is COc1ccc(OCCNC(=O)NC2CCCCC2)cc1. The molecule has 5 heteroatoms. The molecule has 5 nitrogen and oxygen atoms in total. The quantitative estimate of drug-likeness (QED) is 0.793. The molecule has 21 heavy (non-hydrogen) atoms. The van der Waals surface area contributed by atoms with Crippen LogP contribution in [0.1, 0.15) is 32.1 Å². The Morgan fingerprint density at radius 3 is 2.48 bits per heavy atom.